The number of hydrogen-bond donors (Lipinski definition) is 0. The number of esters is 1. The Morgan fingerprint density at radius 2 is 2.06 bits per heavy atom. The standard InChI is InChI=1S/C15H18O3/c1-8-4-10(16)6-15(3)7-13-11(5-12(8)15)9(2)14(17)18-13/h4,12-13H,5-7H2,1-3H3/t12-,13-,15+/m1/s1. The zero-order valence-corrected chi connectivity index (χ0v) is 11.1. The molecular formula is C15H18O3. The van der Waals surface area contributed by atoms with E-state index in [-0.39, 0.29) is 23.3 Å². The average Bonchev–Trinajstić information content (AvgIpc) is 2.50. The van der Waals surface area contributed by atoms with Crippen LogP contribution in [0.25, 0.3) is 0 Å². The summed E-state index contributed by atoms with van der Waals surface area (Å²) in [7, 11) is 0. The van der Waals surface area contributed by atoms with Gasteiger partial charge in [-0.3, -0.25) is 4.79 Å². The molecule has 1 fully saturated rings. The van der Waals surface area contributed by atoms with E-state index in [0.717, 1.165) is 29.6 Å². The molecule has 3 atom stereocenters. The highest BCUT2D eigenvalue weighted by atomic mass is 16.5. The van der Waals surface area contributed by atoms with Gasteiger partial charge in [0.25, 0.3) is 0 Å². The lowest BCUT2D eigenvalue weighted by atomic mass is 9.58. The van der Waals surface area contributed by atoms with Crippen molar-refractivity contribution < 1.29 is 14.3 Å². The lowest BCUT2D eigenvalue weighted by Crippen LogP contribution is -2.42. The second kappa shape index (κ2) is 3.56. The Hall–Kier alpha value is -1.38. The number of ketones is 1. The van der Waals surface area contributed by atoms with E-state index in [9.17, 15) is 9.59 Å². The van der Waals surface area contributed by atoms with E-state index < -0.39 is 0 Å². The molecule has 3 aliphatic rings. The van der Waals surface area contributed by atoms with E-state index in [1.54, 1.807) is 6.08 Å². The largest absolute Gasteiger partial charge is 0.454 e. The third-order valence-electron chi connectivity index (χ3n) is 4.86. The molecule has 96 valence electrons. The molecule has 0 N–H and O–H groups in total. The van der Waals surface area contributed by atoms with Crippen LogP contribution in [0, 0.1) is 11.3 Å². The number of carbonyl (C=O) groups is 2. The molecule has 1 saturated carbocycles. The highest BCUT2D eigenvalue weighted by Crippen LogP contribution is 2.53. The van der Waals surface area contributed by atoms with E-state index in [1.807, 2.05) is 13.8 Å². The predicted molar refractivity (Wildman–Crippen MR) is 66.8 cm³/mol. The Kier molecular flexibility index (Phi) is 2.31. The zero-order chi connectivity index (χ0) is 13.1. The number of fused-ring (bicyclic) bond motifs is 2. The number of hydrogen-bond acceptors (Lipinski definition) is 3. The van der Waals surface area contributed by atoms with Gasteiger partial charge in [-0.15, -0.1) is 0 Å². The van der Waals surface area contributed by atoms with Crippen LogP contribution < -0.4 is 0 Å². The molecule has 1 aliphatic heterocycles. The van der Waals surface area contributed by atoms with Gasteiger partial charge < -0.3 is 4.74 Å². The molecule has 0 bridgehead atoms. The second-order valence-electron chi connectivity index (χ2n) is 6.19. The second-order valence-corrected chi connectivity index (χ2v) is 6.19. The van der Waals surface area contributed by atoms with Gasteiger partial charge >= 0.3 is 5.97 Å². The Labute approximate surface area is 107 Å². The molecule has 0 unspecified atom stereocenters. The summed E-state index contributed by atoms with van der Waals surface area (Å²) in [4.78, 5) is 23.4. The number of ether oxygens (including phenoxy) is 1. The Morgan fingerprint density at radius 1 is 1.33 bits per heavy atom. The van der Waals surface area contributed by atoms with Gasteiger partial charge in [0.2, 0.25) is 0 Å². The minimum absolute atomic E-state index is 0.0466. The van der Waals surface area contributed by atoms with Gasteiger partial charge in [-0.2, -0.15) is 0 Å². The third kappa shape index (κ3) is 1.49. The monoisotopic (exact) mass is 246 g/mol. The normalized spacial score (nSPS) is 39.2. The van der Waals surface area contributed by atoms with E-state index in [1.165, 1.54) is 0 Å². The first kappa shape index (κ1) is 11.7. The summed E-state index contributed by atoms with van der Waals surface area (Å²) >= 11 is 0. The molecule has 0 aromatic rings. The summed E-state index contributed by atoms with van der Waals surface area (Å²) in [5.74, 6) is 0.413. The topological polar surface area (TPSA) is 43.4 Å². The fraction of sp³-hybridized carbons (Fsp3) is 0.600. The van der Waals surface area contributed by atoms with Crippen LogP contribution in [-0.2, 0) is 14.3 Å². The highest BCUT2D eigenvalue weighted by Gasteiger charge is 2.49. The minimum Gasteiger partial charge on any atom is -0.454 e. The molecule has 0 aromatic heterocycles. The van der Waals surface area contributed by atoms with Crippen LogP contribution in [0.1, 0.15) is 40.0 Å². The summed E-state index contributed by atoms with van der Waals surface area (Å²) < 4.78 is 5.42. The van der Waals surface area contributed by atoms with Crippen LogP contribution in [0.15, 0.2) is 22.8 Å². The molecule has 0 spiro atoms. The van der Waals surface area contributed by atoms with Crippen LogP contribution >= 0.6 is 0 Å². The van der Waals surface area contributed by atoms with Gasteiger partial charge in [0, 0.05) is 12.0 Å². The number of rotatable bonds is 0. The molecule has 18 heavy (non-hydrogen) atoms. The van der Waals surface area contributed by atoms with Crippen molar-refractivity contribution in [2.75, 3.05) is 0 Å². The SMILES string of the molecule is CC1=CC(=O)C[C@@]2(C)C[C@H]3OC(=O)C(C)=C3C[C@H]12. The molecule has 0 radical (unpaired) electrons. The summed E-state index contributed by atoms with van der Waals surface area (Å²) in [6.07, 6.45) is 3.93. The van der Waals surface area contributed by atoms with E-state index in [2.05, 4.69) is 6.92 Å². The van der Waals surface area contributed by atoms with Crippen LogP contribution in [0.5, 0.6) is 0 Å². The average molecular weight is 246 g/mol. The Morgan fingerprint density at radius 3 is 2.78 bits per heavy atom. The van der Waals surface area contributed by atoms with Crippen LogP contribution in [0.4, 0.5) is 0 Å². The van der Waals surface area contributed by atoms with Crippen molar-refractivity contribution in [1.29, 1.82) is 0 Å². The van der Waals surface area contributed by atoms with E-state index >= 15 is 0 Å². The Bertz CT molecular complexity index is 512. The van der Waals surface area contributed by atoms with Crippen molar-refractivity contribution >= 4 is 11.8 Å². The van der Waals surface area contributed by atoms with Crippen LogP contribution in [0.2, 0.25) is 0 Å². The first-order valence-corrected chi connectivity index (χ1v) is 6.52. The first-order chi connectivity index (χ1) is 8.40. The molecule has 3 nitrogen and oxygen atoms in total. The van der Waals surface area contributed by atoms with Crippen LogP contribution in [-0.4, -0.2) is 17.9 Å². The fourth-order valence-electron chi connectivity index (χ4n) is 3.85. The fourth-order valence-corrected chi connectivity index (χ4v) is 3.85. The molecule has 2 aliphatic carbocycles. The number of carbonyl (C=O) groups excluding carboxylic acids is 2. The summed E-state index contributed by atoms with van der Waals surface area (Å²) in [5, 5.41) is 0. The predicted octanol–water partition coefficient (Wildman–Crippen LogP) is 2.56. The maximum absolute atomic E-state index is 11.8. The molecule has 3 heteroatoms. The van der Waals surface area contributed by atoms with Crippen molar-refractivity contribution in [1.82, 2.24) is 0 Å². The van der Waals surface area contributed by atoms with Gasteiger partial charge in [-0.05, 0) is 49.7 Å². The molecule has 3 rings (SSSR count). The van der Waals surface area contributed by atoms with Gasteiger partial charge in [0.05, 0.1) is 0 Å². The van der Waals surface area contributed by atoms with Crippen molar-refractivity contribution in [3.8, 4) is 0 Å². The van der Waals surface area contributed by atoms with Crippen molar-refractivity contribution in [2.24, 2.45) is 11.3 Å². The van der Waals surface area contributed by atoms with E-state index in [0.29, 0.717) is 12.3 Å². The van der Waals surface area contributed by atoms with Crippen molar-refractivity contribution in [2.45, 2.75) is 46.1 Å². The first-order valence-electron chi connectivity index (χ1n) is 6.52. The lowest BCUT2D eigenvalue weighted by Gasteiger charge is -2.46. The smallest absolute Gasteiger partial charge is 0.334 e. The van der Waals surface area contributed by atoms with Gasteiger partial charge in [0.15, 0.2) is 5.78 Å². The third-order valence-corrected chi connectivity index (χ3v) is 4.86. The summed E-state index contributed by atoms with van der Waals surface area (Å²) in [5.41, 5.74) is 3.05. The maximum Gasteiger partial charge on any atom is 0.334 e. The Balaban J connectivity index is 2.02. The molecule has 0 aromatic carbocycles. The van der Waals surface area contributed by atoms with E-state index in [4.69, 9.17) is 4.74 Å². The van der Waals surface area contributed by atoms with Crippen LogP contribution in [0.3, 0.4) is 0 Å². The molecule has 1 heterocycles. The quantitative estimate of drug-likeness (QED) is 0.617. The number of allylic oxidation sites excluding steroid dienone is 2. The maximum atomic E-state index is 11.8. The van der Waals surface area contributed by atoms with Gasteiger partial charge in [-0.1, -0.05) is 12.5 Å². The van der Waals surface area contributed by atoms with Gasteiger partial charge in [0.1, 0.15) is 6.10 Å². The highest BCUT2D eigenvalue weighted by molar-refractivity contribution is 5.93. The summed E-state index contributed by atoms with van der Waals surface area (Å²) in [6.45, 7) is 6.05. The van der Waals surface area contributed by atoms with Gasteiger partial charge in [-0.25, -0.2) is 4.79 Å². The van der Waals surface area contributed by atoms with Crippen molar-refractivity contribution in [3.05, 3.63) is 22.8 Å². The molecule has 0 amide bonds. The molecule has 0 saturated heterocycles. The molecular weight excluding hydrogens is 228 g/mol. The summed E-state index contributed by atoms with van der Waals surface area (Å²) in [6, 6.07) is 0. The lowest BCUT2D eigenvalue weighted by molar-refractivity contribution is -0.142. The zero-order valence-electron chi connectivity index (χ0n) is 11.1. The van der Waals surface area contributed by atoms with Crippen molar-refractivity contribution in [3.63, 3.8) is 0 Å². The minimum atomic E-state index is -0.176.